The summed E-state index contributed by atoms with van der Waals surface area (Å²) in [6.07, 6.45) is 0. The van der Waals surface area contributed by atoms with Crippen molar-refractivity contribution >= 4 is 9.58 Å². The molecule has 0 aromatic rings. The summed E-state index contributed by atoms with van der Waals surface area (Å²) < 4.78 is 0. The minimum absolute atomic E-state index is 0. The molecule has 0 aliphatic heterocycles. The Morgan fingerprint density at radius 1 is 1.75 bits per heavy atom. The Hall–Kier alpha value is 1.55. The monoisotopic (exact) mass is 439 g/mol. The van der Waals surface area contributed by atoms with E-state index in [0.29, 0.717) is 0 Å². The van der Waals surface area contributed by atoms with Crippen LogP contribution in [0.25, 0.3) is 0 Å². The zero-order valence-corrected chi connectivity index (χ0v) is 7.09. The fraction of sp³-hybridized carbons (Fsp3) is 0. The fourth-order valence-electron chi connectivity index (χ4n) is 0. The third kappa shape index (κ3) is 9.61. The van der Waals surface area contributed by atoms with E-state index >= 15 is 0 Å². The van der Waals surface area contributed by atoms with Crippen molar-refractivity contribution in [3.8, 4) is 0 Å². The molecule has 0 atom stereocenters. The summed E-state index contributed by atoms with van der Waals surface area (Å²) in [6, 6.07) is 0. The van der Waals surface area contributed by atoms with Crippen molar-refractivity contribution in [3.63, 3.8) is 0 Å². The SMILES string of the molecule is O.[Cl][Ir][Ir]. The molecule has 0 aromatic heterocycles. The second-order valence-corrected chi connectivity index (χ2v) is 8.44. The first kappa shape index (κ1) is 9.12. The molecule has 0 saturated heterocycles. The third-order valence-electron chi connectivity index (χ3n) is 0. The summed E-state index contributed by atoms with van der Waals surface area (Å²) >= 11 is 1.99. The Morgan fingerprint density at radius 2 is 1.75 bits per heavy atom. The van der Waals surface area contributed by atoms with E-state index < -0.39 is 0 Å². The van der Waals surface area contributed by atoms with E-state index in [0.717, 1.165) is 0 Å². The van der Waals surface area contributed by atoms with E-state index in [1.807, 2.05) is 16.2 Å². The molecule has 0 spiro atoms. The summed E-state index contributed by atoms with van der Waals surface area (Å²) in [7, 11) is 5.12. The van der Waals surface area contributed by atoms with Crippen LogP contribution in [-0.2, 0) is 30.2 Å². The van der Waals surface area contributed by atoms with Crippen LogP contribution in [0.5, 0.6) is 0 Å². The molecule has 0 saturated carbocycles. The molecule has 0 aromatic carbocycles. The van der Waals surface area contributed by atoms with Gasteiger partial charge in [-0.25, -0.2) is 0 Å². The Balaban J connectivity index is 0. The van der Waals surface area contributed by atoms with Gasteiger partial charge >= 0.3 is 39.8 Å². The van der Waals surface area contributed by atoms with Crippen molar-refractivity contribution < 1.29 is 35.7 Å². The van der Waals surface area contributed by atoms with Crippen LogP contribution in [0.3, 0.4) is 0 Å². The van der Waals surface area contributed by atoms with Crippen molar-refractivity contribution in [2.24, 2.45) is 0 Å². The van der Waals surface area contributed by atoms with E-state index in [1.165, 1.54) is 0 Å². The van der Waals surface area contributed by atoms with Gasteiger partial charge in [0.1, 0.15) is 0 Å². The summed E-state index contributed by atoms with van der Waals surface area (Å²) in [5, 5.41) is 0. The second kappa shape index (κ2) is 8.82. The maximum absolute atomic E-state index is 5.12. The van der Waals surface area contributed by atoms with Crippen molar-refractivity contribution in [3.05, 3.63) is 0 Å². The molecule has 0 unspecified atom stereocenters. The summed E-state index contributed by atoms with van der Waals surface area (Å²) in [5.41, 5.74) is 0. The zero-order chi connectivity index (χ0) is 2.71. The van der Waals surface area contributed by atoms with E-state index in [9.17, 15) is 0 Å². The molecule has 0 aliphatic rings. The molecule has 4 heavy (non-hydrogen) atoms. The molecule has 0 heterocycles. The van der Waals surface area contributed by atoms with Gasteiger partial charge in [-0.1, -0.05) is 0 Å². The molecule has 1 nitrogen and oxygen atoms in total. The molecular formula is H2ClIr2O. The van der Waals surface area contributed by atoms with Crippen LogP contribution in [0.1, 0.15) is 0 Å². The first-order valence-electron chi connectivity index (χ1n) is 0.237. The van der Waals surface area contributed by atoms with Crippen LogP contribution in [0, 0.1) is 0 Å². The fourth-order valence-corrected chi connectivity index (χ4v) is 0. The quantitative estimate of drug-likeness (QED) is 0.505. The molecule has 0 fully saturated rings. The molecule has 33 valence electrons. The van der Waals surface area contributed by atoms with Crippen molar-refractivity contribution in [1.82, 2.24) is 0 Å². The standard InChI is InChI=1S/ClH.2Ir.H2O/h1H;;;1H2/q;;+1;/p-1. The first-order valence-corrected chi connectivity index (χ1v) is 10.5. The third-order valence-corrected chi connectivity index (χ3v) is 0. The summed E-state index contributed by atoms with van der Waals surface area (Å²) in [4.78, 5) is 0. The number of hydrogen-bond acceptors (Lipinski definition) is 0. The predicted octanol–water partition coefficient (Wildman–Crippen LogP) is -0.140. The molecule has 4 heteroatoms. The molecular weight excluding hydrogens is 436 g/mol. The zero-order valence-electron chi connectivity index (χ0n) is 1.54. The van der Waals surface area contributed by atoms with Gasteiger partial charge in [-0.2, -0.15) is 0 Å². The van der Waals surface area contributed by atoms with Crippen LogP contribution in [-0.4, -0.2) is 5.48 Å². The van der Waals surface area contributed by atoms with E-state index in [2.05, 4.69) is 0 Å². The van der Waals surface area contributed by atoms with Crippen LogP contribution in [0.2, 0.25) is 0 Å². The average molecular weight is 438 g/mol. The van der Waals surface area contributed by atoms with Crippen molar-refractivity contribution in [2.45, 2.75) is 0 Å². The van der Waals surface area contributed by atoms with E-state index in [1.54, 1.807) is 0 Å². The Bertz CT molecular complexity index is 6.00. The molecule has 0 bridgehead atoms. The van der Waals surface area contributed by atoms with Gasteiger partial charge in [0, 0.05) is 0 Å². The number of rotatable bonds is 0. The first-order chi connectivity index (χ1) is 1.41. The average Bonchev–Trinajstić information content (AvgIpc) is 0.918. The molecule has 0 radical (unpaired) electrons. The molecule has 0 rings (SSSR count). The van der Waals surface area contributed by atoms with Gasteiger partial charge in [0.05, 0.1) is 0 Å². The van der Waals surface area contributed by atoms with Gasteiger partial charge in [-0.3, -0.25) is 0 Å². The van der Waals surface area contributed by atoms with Crippen LogP contribution < -0.4 is 0 Å². The second-order valence-electron chi connectivity index (χ2n) is 0.0420. The Labute approximate surface area is 45.1 Å². The topological polar surface area (TPSA) is 31.5 Å². The van der Waals surface area contributed by atoms with Gasteiger partial charge in [0.25, 0.3) is 0 Å². The van der Waals surface area contributed by atoms with Gasteiger partial charge in [-0.05, 0) is 0 Å². The summed E-state index contributed by atoms with van der Waals surface area (Å²) in [6.45, 7) is 0. The van der Waals surface area contributed by atoms with Crippen LogP contribution in [0.4, 0.5) is 0 Å². The van der Waals surface area contributed by atoms with Gasteiger partial charge in [-0.15, -0.1) is 0 Å². The van der Waals surface area contributed by atoms with Gasteiger partial charge in [0.15, 0.2) is 0 Å². The molecule has 0 aliphatic carbocycles. The van der Waals surface area contributed by atoms with E-state index in [-0.39, 0.29) is 19.5 Å². The predicted molar refractivity (Wildman–Crippen MR) is 9.47 cm³/mol. The number of halogens is 1. The minimum atomic E-state index is -0.0278. The van der Waals surface area contributed by atoms with E-state index in [4.69, 9.17) is 9.58 Å². The summed E-state index contributed by atoms with van der Waals surface area (Å²) in [5.74, 6) is 0. The Kier molecular flexibility index (Phi) is 20.1. The van der Waals surface area contributed by atoms with Crippen molar-refractivity contribution in [2.75, 3.05) is 0 Å². The normalized spacial score (nSPS) is 5.75. The molecule has 0 amide bonds. The molecule has 2 N–H and O–H groups in total. The van der Waals surface area contributed by atoms with Crippen LogP contribution in [0.15, 0.2) is 0 Å². The van der Waals surface area contributed by atoms with Gasteiger partial charge < -0.3 is 5.48 Å². The number of hydrogen-bond donors (Lipinski definition) is 0. The Morgan fingerprint density at radius 3 is 1.75 bits per heavy atom. The van der Waals surface area contributed by atoms with Crippen LogP contribution >= 0.6 is 9.58 Å². The van der Waals surface area contributed by atoms with Gasteiger partial charge in [0.2, 0.25) is 0 Å². The van der Waals surface area contributed by atoms with Crippen molar-refractivity contribution in [1.29, 1.82) is 0 Å². The maximum atomic E-state index is 5.12.